The van der Waals surface area contributed by atoms with E-state index >= 15 is 0 Å². The molecule has 0 unspecified atom stereocenters. The van der Waals surface area contributed by atoms with Gasteiger partial charge >= 0.3 is 0 Å². The van der Waals surface area contributed by atoms with Gasteiger partial charge in [-0.05, 0) is 30.7 Å². The van der Waals surface area contributed by atoms with Gasteiger partial charge in [0.2, 0.25) is 0 Å². The van der Waals surface area contributed by atoms with E-state index in [2.05, 4.69) is 5.32 Å². The van der Waals surface area contributed by atoms with Gasteiger partial charge in [-0.2, -0.15) is 0 Å². The molecule has 0 bridgehead atoms. The maximum Gasteiger partial charge on any atom is 0.272 e. The number of rotatable bonds is 6. The average Bonchev–Trinajstić information content (AvgIpc) is 2.45. The molecule has 5 nitrogen and oxygen atoms in total. The summed E-state index contributed by atoms with van der Waals surface area (Å²) in [6, 6.07) is 10.9. The fourth-order valence-corrected chi connectivity index (χ4v) is 1.91. The Bertz CT molecular complexity index is 647. The smallest absolute Gasteiger partial charge is 0.272 e. The summed E-state index contributed by atoms with van der Waals surface area (Å²) in [5, 5.41) is 13.8. The van der Waals surface area contributed by atoms with Gasteiger partial charge in [-0.1, -0.05) is 6.07 Å². The monoisotopic (exact) mass is 290 g/mol. The van der Waals surface area contributed by atoms with Gasteiger partial charge in [0.25, 0.3) is 5.69 Å². The lowest BCUT2D eigenvalue weighted by molar-refractivity contribution is -0.385. The molecule has 0 aliphatic carbocycles. The van der Waals surface area contributed by atoms with Gasteiger partial charge in [0, 0.05) is 24.4 Å². The van der Waals surface area contributed by atoms with Gasteiger partial charge in [-0.15, -0.1) is 0 Å². The minimum atomic E-state index is -0.621. The Kier molecular flexibility index (Phi) is 4.71. The van der Waals surface area contributed by atoms with E-state index in [1.807, 2.05) is 31.2 Å². The zero-order valence-corrected chi connectivity index (χ0v) is 11.5. The number of nitro benzene ring substituents is 1. The highest BCUT2D eigenvalue weighted by atomic mass is 19.1. The summed E-state index contributed by atoms with van der Waals surface area (Å²) in [5.41, 5.74) is 1.05. The van der Waals surface area contributed by atoms with E-state index in [1.54, 1.807) is 0 Å². The largest absolute Gasteiger partial charge is 0.494 e. The van der Waals surface area contributed by atoms with Crippen molar-refractivity contribution in [2.45, 2.75) is 13.5 Å². The lowest BCUT2D eigenvalue weighted by atomic mass is 10.2. The van der Waals surface area contributed by atoms with Crippen molar-refractivity contribution in [3.8, 4) is 5.75 Å². The molecule has 0 saturated carbocycles. The fourth-order valence-electron chi connectivity index (χ4n) is 1.91. The predicted octanol–water partition coefficient (Wildman–Crippen LogP) is 3.74. The summed E-state index contributed by atoms with van der Waals surface area (Å²) in [4.78, 5) is 10.1. The summed E-state index contributed by atoms with van der Waals surface area (Å²) < 4.78 is 18.7. The van der Waals surface area contributed by atoms with Crippen molar-refractivity contribution in [2.75, 3.05) is 11.9 Å². The third-order valence-corrected chi connectivity index (χ3v) is 2.79. The first kappa shape index (κ1) is 14.8. The Labute approximate surface area is 121 Å². The van der Waals surface area contributed by atoms with Gasteiger partial charge in [0.15, 0.2) is 0 Å². The van der Waals surface area contributed by atoms with E-state index in [9.17, 15) is 14.5 Å². The molecule has 0 atom stereocenters. The highest BCUT2D eigenvalue weighted by Crippen LogP contribution is 2.20. The molecule has 0 heterocycles. The van der Waals surface area contributed by atoms with Gasteiger partial charge in [0.05, 0.1) is 17.6 Å². The number of hydrogen-bond acceptors (Lipinski definition) is 4. The zero-order chi connectivity index (χ0) is 15.2. The summed E-state index contributed by atoms with van der Waals surface area (Å²) in [6.45, 7) is 2.75. The van der Waals surface area contributed by atoms with Gasteiger partial charge < -0.3 is 10.1 Å². The molecule has 2 aromatic carbocycles. The second kappa shape index (κ2) is 6.69. The molecular formula is C15H15FN2O3. The summed E-state index contributed by atoms with van der Waals surface area (Å²) in [5.74, 6) is 0.108. The fraction of sp³-hybridized carbons (Fsp3) is 0.200. The molecule has 2 rings (SSSR count). The van der Waals surface area contributed by atoms with Crippen LogP contribution in [-0.2, 0) is 6.54 Å². The molecule has 0 amide bonds. The van der Waals surface area contributed by atoms with E-state index in [-0.39, 0.29) is 12.2 Å². The standard InChI is InChI=1S/C15H15FN2O3/c1-2-21-15-5-3-4-13(9-15)17-10-11-6-12(16)8-14(7-11)18(19)20/h3-9,17H,2,10H2,1H3. The van der Waals surface area contributed by atoms with E-state index in [0.29, 0.717) is 12.2 Å². The zero-order valence-electron chi connectivity index (χ0n) is 11.5. The molecule has 0 aromatic heterocycles. The first-order chi connectivity index (χ1) is 10.1. The van der Waals surface area contributed by atoms with Gasteiger partial charge in [-0.25, -0.2) is 4.39 Å². The number of non-ortho nitro benzene ring substituents is 1. The van der Waals surface area contributed by atoms with Crippen molar-refractivity contribution in [3.63, 3.8) is 0 Å². The van der Waals surface area contributed by atoms with Crippen LogP contribution in [0.4, 0.5) is 15.8 Å². The molecule has 0 spiro atoms. The minimum absolute atomic E-state index is 0.255. The first-order valence-electron chi connectivity index (χ1n) is 6.49. The van der Waals surface area contributed by atoms with Crippen LogP contribution >= 0.6 is 0 Å². The lowest BCUT2D eigenvalue weighted by Gasteiger charge is -2.09. The van der Waals surface area contributed by atoms with Crippen LogP contribution in [-0.4, -0.2) is 11.5 Å². The van der Waals surface area contributed by atoms with Crippen LogP contribution in [0.3, 0.4) is 0 Å². The van der Waals surface area contributed by atoms with Crippen LogP contribution in [0.1, 0.15) is 12.5 Å². The molecule has 0 aliphatic rings. The second-order valence-electron chi connectivity index (χ2n) is 4.39. The maximum absolute atomic E-state index is 13.3. The normalized spacial score (nSPS) is 10.2. The molecule has 110 valence electrons. The lowest BCUT2D eigenvalue weighted by Crippen LogP contribution is -2.01. The Morgan fingerprint density at radius 3 is 2.81 bits per heavy atom. The number of hydrogen-bond donors (Lipinski definition) is 1. The molecular weight excluding hydrogens is 275 g/mol. The molecule has 0 aliphatic heterocycles. The van der Waals surface area contributed by atoms with Crippen molar-refractivity contribution >= 4 is 11.4 Å². The molecule has 1 N–H and O–H groups in total. The molecule has 2 aromatic rings. The number of ether oxygens (including phenoxy) is 1. The van der Waals surface area contributed by atoms with Gasteiger partial charge in [0.1, 0.15) is 11.6 Å². The van der Waals surface area contributed by atoms with Crippen LogP contribution in [0, 0.1) is 15.9 Å². The molecule has 0 fully saturated rings. The van der Waals surface area contributed by atoms with E-state index in [0.717, 1.165) is 17.5 Å². The molecule has 21 heavy (non-hydrogen) atoms. The highest BCUT2D eigenvalue weighted by molar-refractivity contribution is 5.49. The SMILES string of the molecule is CCOc1cccc(NCc2cc(F)cc([N+](=O)[O-])c2)c1. The van der Waals surface area contributed by atoms with Crippen LogP contribution < -0.4 is 10.1 Å². The second-order valence-corrected chi connectivity index (χ2v) is 4.39. The Morgan fingerprint density at radius 1 is 1.29 bits per heavy atom. The molecule has 0 saturated heterocycles. The third kappa shape index (κ3) is 4.17. The minimum Gasteiger partial charge on any atom is -0.494 e. The quantitative estimate of drug-likeness (QED) is 0.650. The van der Waals surface area contributed by atoms with E-state index < -0.39 is 10.7 Å². The summed E-state index contributed by atoms with van der Waals surface area (Å²) in [7, 11) is 0. The van der Waals surface area contributed by atoms with Gasteiger partial charge in [-0.3, -0.25) is 10.1 Å². The highest BCUT2D eigenvalue weighted by Gasteiger charge is 2.09. The van der Waals surface area contributed by atoms with E-state index in [4.69, 9.17) is 4.74 Å². The number of anilines is 1. The average molecular weight is 290 g/mol. The van der Waals surface area contributed by atoms with Crippen molar-refractivity contribution < 1.29 is 14.1 Å². The Hall–Kier alpha value is -2.63. The number of nitrogens with one attached hydrogen (secondary N) is 1. The predicted molar refractivity (Wildman–Crippen MR) is 78.0 cm³/mol. The Balaban J connectivity index is 2.09. The number of benzene rings is 2. The summed E-state index contributed by atoms with van der Waals surface area (Å²) in [6.07, 6.45) is 0. The summed E-state index contributed by atoms with van der Waals surface area (Å²) >= 11 is 0. The maximum atomic E-state index is 13.3. The van der Waals surface area contributed by atoms with Crippen LogP contribution in [0.5, 0.6) is 5.75 Å². The van der Waals surface area contributed by atoms with Crippen LogP contribution in [0.15, 0.2) is 42.5 Å². The number of nitrogens with zero attached hydrogens (tertiary/aromatic N) is 1. The topological polar surface area (TPSA) is 64.4 Å². The first-order valence-corrected chi connectivity index (χ1v) is 6.49. The number of nitro groups is 1. The number of halogens is 1. The Morgan fingerprint density at radius 2 is 2.10 bits per heavy atom. The van der Waals surface area contributed by atoms with E-state index in [1.165, 1.54) is 12.1 Å². The van der Waals surface area contributed by atoms with Crippen molar-refractivity contribution in [2.24, 2.45) is 0 Å². The third-order valence-electron chi connectivity index (χ3n) is 2.79. The van der Waals surface area contributed by atoms with Crippen LogP contribution in [0.25, 0.3) is 0 Å². The van der Waals surface area contributed by atoms with Crippen molar-refractivity contribution in [1.82, 2.24) is 0 Å². The molecule has 0 radical (unpaired) electrons. The van der Waals surface area contributed by atoms with Crippen LogP contribution in [0.2, 0.25) is 0 Å². The molecule has 6 heteroatoms. The van der Waals surface area contributed by atoms with Crippen molar-refractivity contribution in [1.29, 1.82) is 0 Å². The van der Waals surface area contributed by atoms with Crippen molar-refractivity contribution in [3.05, 3.63) is 64.0 Å².